The van der Waals surface area contributed by atoms with Crippen LogP contribution in [0, 0.1) is 13.8 Å². The van der Waals surface area contributed by atoms with Crippen LogP contribution in [-0.2, 0) is 4.79 Å². The zero-order valence-corrected chi connectivity index (χ0v) is 12.6. The molecule has 0 spiro atoms. The van der Waals surface area contributed by atoms with E-state index in [0.717, 1.165) is 23.0 Å². The Morgan fingerprint density at radius 3 is 1.94 bits per heavy atom. The van der Waals surface area contributed by atoms with E-state index in [0.29, 0.717) is 12.8 Å². The second kappa shape index (κ2) is 5.73. The van der Waals surface area contributed by atoms with E-state index in [4.69, 9.17) is 8.83 Å². The lowest BCUT2D eigenvalue weighted by Crippen LogP contribution is -2.00. The maximum absolute atomic E-state index is 11.1. The Labute approximate surface area is 120 Å². The topological polar surface area (TPSA) is 43.4 Å². The number of aryl methyl sites for hydroxylation is 2. The Bertz CT molecular complexity index is 498. The second-order valence-corrected chi connectivity index (χ2v) is 5.55. The molecule has 0 fully saturated rings. The van der Waals surface area contributed by atoms with Gasteiger partial charge in [0, 0.05) is 6.42 Å². The predicted molar refractivity (Wildman–Crippen MR) is 77.0 cm³/mol. The standard InChI is InChI=1S/C14H15IO3/c1-9-3-6-12(17-9)11(5-8-14(15)16)13-7-4-10(2)18-13/h3-4,6-7,11H,5,8H2,1-2H3. The van der Waals surface area contributed by atoms with Crippen LogP contribution in [-0.4, -0.2) is 3.79 Å². The van der Waals surface area contributed by atoms with Gasteiger partial charge >= 0.3 is 0 Å². The van der Waals surface area contributed by atoms with Gasteiger partial charge in [0.15, 0.2) is 3.79 Å². The van der Waals surface area contributed by atoms with Gasteiger partial charge in [-0.2, -0.15) is 0 Å². The molecule has 2 aromatic heterocycles. The van der Waals surface area contributed by atoms with E-state index in [1.807, 2.05) is 60.7 Å². The molecule has 18 heavy (non-hydrogen) atoms. The average molecular weight is 358 g/mol. The van der Waals surface area contributed by atoms with Gasteiger partial charge in [-0.1, -0.05) is 0 Å². The van der Waals surface area contributed by atoms with Crippen LogP contribution >= 0.6 is 22.6 Å². The molecule has 0 radical (unpaired) electrons. The summed E-state index contributed by atoms with van der Waals surface area (Å²) < 4.78 is 11.5. The molecule has 96 valence electrons. The summed E-state index contributed by atoms with van der Waals surface area (Å²) in [7, 11) is 0. The van der Waals surface area contributed by atoms with Crippen LogP contribution in [0.1, 0.15) is 41.8 Å². The molecule has 0 aliphatic rings. The van der Waals surface area contributed by atoms with Crippen molar-refractivity contribution in [2.24, 2.45) is 0 Å². The minimum Gasteiger partial charge on any atom is -0.466 e. The first kappa shape index (κ1) is 13.4. The zero-order valence-electron chi connectivity index (χ0n) is 10.4. The fourth-order valence-corrected chi connectivity index (χ4v) is 2.28. The molecule has 2 aromatic rings. The van der Waals surface area contributed by atoms with Crippen molar-refractivity contribution in [2.45, 2.75) is 32.6 Å². The monoisotopic (exact) mass is 358 g/mol. The summed E-state index contributed by atoms with van der Waals surface area (Å²) in [6, 6.07) is 7.78. The first-order chi connectivity index (χ1) is 8.56. The fraction of sp³-hybridized carbons (Fsp3) is 0.357. The fourth-order valence-electron chi connectivity index (χ4n) is 1.96. The van der Waals surface area contributed by atoms with Crippen LogP contribution in [0.15, 0.2) is 33.1 Å². The number of furan rings is 2. The average Bonchev–Trinajstić information content (AvgIpc) is 2.89. The normalized spacial score (nSPS) is 11.1. The number of carbonyl (C=O) groups is 1. The molecule has 0 N–H and O–H groups in total. The summed E-state index contributed by atoms with van der Waals surface area (Å²) in [4.78, 5) is 11.1. The first-order valence-corrected chi connectivity index (χ1v) is 6.95. The Balaban J connectivity index is 2.25. The third-order valence-electron chi connectivity index (χ3n) is 2.84. The van der Waals surface area contributed by atoms with Crippen LogP contribution in [0.5, 0.6) is 0 Å². The van der Waals surface area contributed by atoms with Crippen molar-refractivity contribution < 1.29 is 13.6 Å². The molecule has 0 aliphatic heterocycles. The third kappa shape index (κ3) is 3.25. The highest BCUT2D eigenvalue weighted by atomic mass is 127. The minimum absolute atomic E-state index is 0.0196. The third-order valence-corrected chi connectivity index (χ3v) is 3.38. The van der Waals surface area contributed by atoms with Crippen molar-refractivity contribution in [3.05, 3.63) is 47.3 Å². The molecule has 0 aliphatic carbocycles. The van der Waals surface area contributed by atoms with E-state index >= 15 is 0 Å². The van der Waals surface area contributed by atoms with Crippen LogP contribution in [0.4, 0.5) is 0 Å². The van der Waals surface area contributed by atoms with Crippen molar-refractivity contribution in [2.75, 3.05) is 0 Å². The van der Waals surface area contributed by atoms with Crippen molar-refractivity contribution in [1.29, 1.82) is 0 Å². The summed E-state index contributed by atoms with van der Waals surface area (Å²) in [5.41, 5.74) is 0. The van der Waals surface area contributed by atoms with E-state index in [1.54, 1.807) is 0 Å². The van der Waals surface area contributed by atoms with Gasteiger partial charge in [0.1, 0.15) is 23.0 Å². The number of carbonyl (C=O) groups excluding carboxylic acids is 1. The maximum Gasteiger partial charge on any atom is 0.192 e. The highest BCUT2D eigenvalue weighted by Crippen LogP contribution is 2.32. The highest BCUT2D eigenvalue weighted by Gasteiger charge is 2.21. The van der Waals surface area contributed by atoms with E-state index in [2.05, 4.69) is 0 Å². The van der Waals surface area contributed by atoms with Crippen molar-refractivity contribution in [3.8, 4) is 0 Å². The maximum atomic E-state index is 11.1. The van der Waals surface area contributed by atoms with Gasteiger partial charge in [-0.15, -0.1) is 0 Å². The van der Waals surface area contributed by atoms with Crippen LogP contribution in [0.2, 0.25) is 0 Å². The van der Waals surface area contributed by atoms with E-state index in [-0.39, 0.29) is 9.71 Å². The zero-order chi connectivity index (χ0) is 13.1. The van der Waals surface area contributed by atoms with Crippen molar-refractivity contribution >= 4 is 26.4 Å². The van der Waals surface area contributed by atoms with Crippen LogP contribution in [0.25, 0.3) is 0 Å². The van der Waals surface area contributed by atoms with Crippen LogP contribution < -0.4 is 0 Å². The molecule has 4 heteroatoms. The molecule has 0 unspecified atom stereocenters. The van der Waals surface area contributed by atoms with Crippen molar-refractivity contribution in [1.82, 2.24) is 0 Å². The molecule has 2 rings (SSSR count). The van der Waals surface area contributed by atoms with Gasteiger partial charge in [0.25, 0.3) is 0 Å². The second-order valence-electron chi connectivity index (χ2n) is 4.34. The Hall–Kier alpha value is -1.04. The minimum atomic E-state index is 0.0196. The molecule has 0 saturated heterocycles. The van der Waals surface area contributed by atoms with E-state index < -0.39 is 0 Å². The van der Waals surface area contributed by atoms with E-state index in [9.17, 15) is 4.79 Å². The molecule has 3 nitrogen and oxygen atoms in total. The molecule has 2 heterocycles. The van der Waals surface area contributed by atoms with Gasteiger partial charge in [0.05, 0.1) is 5.92 Å². The van der Waals surface area contributed by atoms with Crippen LogP contribution in [0.3, 0.4) is 0 Å². The molecule has 0 amide bonds. The molecule has 0 bridgehead atoms. The Morgan fingerprint density at radius 1 is 1.11 bits per heavy atom. The predicted octanol–water partition coefficient (Wildman–Crippen LogP) is 4.36. The molecule has 0 atom stereocenters. The molecule has 0 aromatic carbocycles. The highest BCUT2D eigenvalue weighted by molar-refractivity contribution is 14.1. The molecular weight excluding hydrogens is 343 g/mol. The molecular formula is C14H15IO3. The quantitative estimate of drug-likeness (QED) is 0.589. The lowest BCUT2D eigenvalue weighted by Gasteiger charge is -2.10. The van der Waals surface area contributed by atoms with E-state index in [1.165, 1.54) is 0 Å². The van der Waals surface area contributed by atoms with Gasteiger partial charge in [0.2, 0.25) is 0 Å². The SMILES string of the molecule is Cc1ccc(C(CCC(=O)I)c2ccc(C)o2)o1. The smallest absolute Gasteiger partial charge is 0.192 e. The lowest BCUT2D eigenvalue weighted by atomic mass is 9.98. The number of rotatable bonds is 5. The van der Waals surface area contributed by atoms with Gasteiger partial charge in [-0.25, -0.2) is 0 Å². The van der Waals surface area contributed by atoms with Gasteiger partial charge < -0.3 is 8.83 Å². The Kier molecular flexibility index (Phi) is 4.27. The molecule has 0 saturated carbocycles. The van der Waals surface area contributed by atoms with Gasteiger partial charge in [-0.05, 0) is 67.1 Å². The number of hydrogen-bond acceptors (Lipinski definition) is 3. The summed E-state index contributed by atoms with van der Waals surface area (Å²) in [6.45, 7) is 3.83. The summed E-state index contributed by atoms with van der Waals surface area (Å²) in [5.74, 6) is 3.49. The largest absolute Gasteiger partial charge is 0.466 e. The summed E-state index contributed by atoms with van der Waals surface area (Å²) >= 11 is 1.82. The Morgan fingerprint density at radius 2 is 1.61 bits per heavy atom. The van der Waals surface area contributed by atoms with Crippen molar-refractivity contribution in [3.63, 3.8) is 0 Å². The summed E-state index contributed by atoms with van der Waals surface area (Å²) in [5, 5.41) is 0. The lowest BCUT2D eigenvalue weighted by molar-refractivity contribution is -0.109. The van der Waals surface area contributed by atoms with Gasteiger partial charge in [-0.3, -0.25) is 4.79 Å². The number of halogens is 1. The number of hydrogen-bond donors (Lipinski definition) is 0. The first-order valence-electron chi connectivity index (χ1n) is 5.87. The summed E-state index contributed by atoms with van der Waals surface area (Å²) in [6.07, 6.45) is 1.23.